The van der Waals surface area contributed by atoms with Crippen LogP contribution in [0.15, 0.2) is 0 Å². The Labute approximate surface area is 58.2 Å². The van der Waals surface area contributed by atoms with Crippen LogP contribution in [0.2, 0.25) is 0 Å². The van der Waals surface area contributed by atoms with Crippen molar-refractivity contribution in [3.63, 3.8) is 0 Å². The Hall–Kier alpha value is -0.280. The van der Waals surface area contributed by atoms with E-state index in [1.807, 2.05) is 0 Å². The summed E-state index contributed by atoms with van der Waals surface area (Å²) in [6.07, 6.45) is 0. The van der Waals surface area contributed by atoms with Gasteiger partial charge in [0.25, 0.3) is 0 Å². The molecule has 0 heterocycles. The fourth-order valence-corrected chi connectivity index (χ4v) is 0.242. The molecule has 0 saturated heterocycles. The molecule has 0 saturated carbocycles. The number of hydrogen-bond acceptors (Lipinski definition) is 7. The van der Waals surface area contributed by atoms with Gasteiger partial charge in [-0.3, -0.25) is 10.7 Å². The van der Waals surface area contributed by atoms with Crippen molar-refractivity contribution < 1.29 is 4.84 Å². The summed E-state index contributed by atoms with van der Waals surface area (Å²) >= 11 is 0. The SMILES string of the molecule is CC(C)(N)ON([O-])N(N)[O-]. The molecule has 62 valence electrons. The molecule has 7 heteroatoms. The van der Waals surface area contributed by atoms with Crippen LogP contribution in [0.3, 0.4) is 0 Å². The second kappa shape index (κ2) is 3.21. The molecule has 0 aliphatic heterocycles. The molecule has 0 unspecified atom stereocenters. The van der Waals surface area contributed by atoms with Crippen LogP contribution in [0.5, 0.6) is 0 Å². The maximum atomic E-state index is 10.3. The lowest BCUT2D eigenvalue weighted by molar-refractivity contribution is -0.289. The first kappa shape index (κ1) is 9.72. The third-order valence-corrected chi connectivity index (χ3v) is 0.474. The number of nitrogens with zero attached hydrogens (tertiary/aromatic N) is 2. The van der Waals surface area contributed by atoms with E-state index < -0.39 is 16.3 Å². The Bertz CT molecular complexity index is 100. The highest BCUT2D eigenvalue weighted by Crippen LogP contribution is 2.02. The van der Waals surface area contributed by atoms with Crippen LogP contribution in [0.1, 0.15) is 13.8 Å². The highest BCUT2D eigenvalue weighted by molar-refractivity contribution is 4.54. The minimum absolute atomic E-state index is 0.444. The van der Waals surface area contributed by atoms with Gasteiger partial charge in [-0.2, -0.15) is 5.34 Å². The van der Waals surface area contributed by atoms with Crippen LogP contribution in [-0.2, 0) is 4.84 Å². The lowest BCUT2D eigenvalue weighted by atomic mass is 10.3. The Morgan fingerprint density at radius 3 is 1.90 bits per heavy atom. The normalized spacial score (nSPS) is 13.2. The van der Waals surface area contributed by atoms with Crippen LogP contribution in [-0.4, -0.2) is 16.3 Å². The Balaban J connectivity index is 3.68. The third kappa shape index (κ3) is 4.58. The zero-order valence-electron chi connectivity index (χ0n) is 5.77. The van der Waals surface area contributed by atoms with Crippen molar-refractivity contribution in [1.82, 2.24) is 10.6 Å². The Kier molecular flexibility index (Phi) is 3.12. The molecule has 0 radical (unpaired) electrons. The summed E-state index contributed by atoms with van der Waals surface area (Å²) in [6, 6.07) is 0. The number of hydrazine groups is 2. The van der Waals surface area contributed by atoms with Gasteiger partial charge in [0.15, 0.2) is 0 Å². The molecular formula is C3H10N4O3-2. The summed E-state index contributed by atoms with van der Waals surface area (Å²) in [5, 5.41) is 19.3. The van der Waals surface area contributed by atoms with E-state index in [1.54, 1.807) is 0 Å². The van der Waals surface area contributed by atoms with Gasteiger partial charge < -0.3 is 16.1 Å². The van der Waals surface area contributed by atoms with Crippen molar-refractivity contribution in [2.24, 2.45) is 11.6 Å². The number of nitrogens with two attached hydrogens (primary N) is 2. The maximum absolute atomic E-state index is 10.3. The van der Waals surface area contributed by atoms with Crippen LogP contribution < -0.4 is 11.6 Å². The average Bonchev–Trinajstić information content (AvgIpc) is 1.60. The summed E-state index contributed by atoms with van der Waals surface area (Å²) in [6.45, 7) is 2.81. The molecule has 0 aliphatic rings. The fraction of sp³-hybridized carbons (Fsp3) is 1.00. The van der Waals surface area contributed by atoms with Crippen LogP contribution in [0.4, 0.5) is 0 Å². The monoisotopic (exact) mass is 150 g/mol. The molecule has 7 nitrogen and oxygen atoms in total. The minimum Gasteiger partial charge on any atom is -0.757 e. The van der Waals surface area contributed by atoms with Crippen molar-refractivity contribution >= 4 is 0 Å². The highest BCUT2D eigenvalue weighted by Gasteiger charge is 2.11. The largest absolute Gasteiger partial charge is 0.757 e. The van der Waals surface area contributed by atoms with E-state index in [4.69, 9.17) is 5.73 Å². The first-order valence-electron chi connectivity index (χ1n) is 2.50. The van der Waals surface area contributed by atoms with E-state index in [2.05, 4.69) is 10.7 Å². The second-order valence-corrected chi connectivity index (χ2v) is 2.24. The predicted octanol–water partition coefficient (Wildman–Crippen LogP) is -0.999. The second-order valence-electron chi connectivity index (χ2n) is 2.24. The van der Waals surface area contributed by atoms with E-state index >= 15 is 0 Å². The first-order valence-corrected chi connectivity index (χ1v) is 2.50. The van der Waals surface area contributed by atoms with E-state index in [0.29, 0.717) is 0 Å². The van der Waals surface area contributed by atoms with Gasteiger partial charge in [0.1, 0.15) is 5.72 Å². The minimum atomic E-state index is -1.20. The number of hydrogen-bond donors (Lipinski definition) is 2. The topological polar surface area (TPSA) is 114 Å². The number of rotatable bonds is 3. The first-order chi connectivity index (χ1) is 4.33. The van der Waals surface area contributed by atoms with E-state index in [1.165, 1.54) is 13.8 Å². The molecule has 0 bridgehead atoms. The Morgan fingerprint density at radius 1 is 1.40 bits per heavy atom. The molecule has 0 aliphatic carbocycles. The van der Waals surface area contributed by atoms with Crippen molar-refractivity contribution in [2.45, 2.75) is 19.6 Å². The van der Waals surface area contributed by atoms with Crippen LogP contribution in [0.25, 0.3) is 0 Å². The van der Waals surface area contributed by atoms with Gasteiger partial charge in [-0.15, -0.1) is 0 Å². The van der Waals surface area contributed by atoms with Crippen molar-refractivity contribution in [1.29, 1.82) is 0 Å². The van der Waals surface area contributed by atoms with Crippen molar-refractivity contribution in [2.75, 3.05) is 0 Å². The smallest absolute Gasteiger partial charge is 0.132 e. The molecule has 0 aromatic heterocycles. The lowest BCUT2D eigenvalue weighted by Crippen LogP contribution is -2.48. The standard InChI is InChI=1S/C3H10N4O3/c1-3(2,4)10-7(9)6(5)8/h4-5H2,1-2H3/q-2. The average molecular weight is 150 g/mol. The van der Waals surface area contributed by atoms with Gasteiger partial charge in [-0.1, -0.05) is 0 Å². The van der Waals surface area contributed by atoms with Crippen molar-refractivity contribution in [3.8, 4) is 0 Å². The summed E-state index contributed by atoms with van der Waals surface area (Å²) in [4.78, 5) is 4.24. The molecule has 0 spiro atoms. The zero-order chi connectivity index (χ0) is 8.36. The van der Waals surface area contributed by atoms with E-state index in [-0.39, 0.29) is 0 Å². The summed E-state index contributed by atoms with van der Waals surface area (Å²) in [5.74, 6) is 4.45. The molecule has 0 aromatic carbocycles. The van der Waals surface area contributed by atoms with Gasteiger partial charge in [-0.05, 0) is 13.8 Å². The molecule has 0 atom stereocenters. The van der Waals surface area contributed by atoms with Gasteiger partial charge in [0.2, 0.25) is 0 Å². The molecule has 0 rings (SSSR count). The van der Waals surface area contributed by atoms with Crippen LogP contribution in [0, 0.1) is 10.4 Å². The van der Waals surface area contributed by atoms with Crippen molar-refractivity contribution in [3.05, 3.63) is 10.4 Å². The van der Waals surface area contributed by atoms with Gasteiger partial charge in [-0.25, -0.2) is 5.28 Å². The third-order valence-electron chi connectivity index (χ3n) is 0.474. The zero-order valence-corrected chi connectivity index (χ0v) is 5.77. The molecule has 0 amide bonds. The summed E-state index contributed by atoms with van der Waals surface area (Å²) < 4.78 is 0. The quantitative estimate of drug-likeness (QED) is 0.301. The van der Waals surface area contributed by atoms with E-state index in [9.17, 15) is 10.4 Å². The molecule has 0 aromatic rings. The maximum Gasteiger partial charge on any atom is 0.132 e. The lowest BCUT2D eigenvalue weighted by Gasteiger charge is -2.42. The Morgan fingerprint density at radius 2 is 1.80 bits per heavy atom. The van der Waals surface area contributed by atoms with Gasteiger partial charge in [0, 0.05) is 0 Å². The van der Waals surface area contributed by atoms with Gasteiger partial charge in [0.05, 0.1) is 0 Å². The molecule has 4 N–H and O–H groups in total. The van der Waals surface area contributed by atoms with Crippen LogP contribution >= 0.6 is 0 Å². The molecular weight excluding hydrogens is 140 g/mol. The highest BCUT2D eigenvalue weighted by atomic mass is 17.0. The predicted molar refractivity (Wildman–Crippen MR) is 34.0 cm³/mol. The van der Waals surface area contributed by atoms with E-state index in [0.717, 1.165) is 0 Å². The molecule has 0 fully saturated rings. The molecule has 10 heavy (non-hydrogen) atoms. The summed E-state index contributed by atoms with van der Waals surface area (Å²) in [7, 11) is 0. The van der Waals surface area contributed by atoms with Gasteiger partial charge >= 0.3 is 0 Å². The summed E-state index contributed by atoms with van der Waals surface area (Å²) in [5.41, 5.74) is 3.98. The fourth-order valence-electron chi connectivity index (χ4n) is 0.242.